The second kappa shape index (κ2) is 5.21. The van der Waals surface area contributed by atoms with E-state index in [0.717, 1.165) is 4.90 Å². The Morgan fingerprint density at radius 2 is 1.95 bits per heavy atom. The molecule has 1 aromatic rings. The first-order valence-electron chi connectivity index (χ1n) is 6.87. The third-order valence-corrected chi connectivity index (χ3v) is 4.53. The summed E-state index contributed by atoms with van der Waals surface area (Å²) in [6.07, 6.45) is 2.54. The zero-order valence-electron chi connectivity index (χ0n) is 11.8. The summed E-state index contributed by atoms with van der Waals surface area (Å²) in [5, 5.41) is 11.6. The molecule has 3 rings (SSSR count). The molecule has 1 aliphatic carbocycles. The standard InChI is InChI=1S/C15H13ClN2O4/c1-8-2-4-10(7-13(8)18(21)22)17-14(19)11-5-3-9(16)6-12(11)15(17)20/h2-4,7,11-12H,5-6H2,1H3/t11-,12+/m0/s1. The first kappa shape index (κ1) is 14.7. The molecule has 2 aliphatic rings. The number of benzene rings is 1. The number of anilines is 1. The molecule has 1 fully saturated rings. The van der Waals surface area contributed by atoms with Crippen LogP contribution in [0.1, 0.15) is 18.4 Å². The van der Waals surface area contributed by atoms with Crippen molar-refractivity contribution in [3.8, 4) is 0 Å². The summed E-state index contributed by atoms with van der Waals surface area (Å²) in [6.45, 7) is 1.61. The van der Waals surface area contributed by atoms with Crippen molar-refractivity contribution in [1.82, 2.24) is 0 Å². The van der Waals surface area contributed by atoms with Gasteiger partial charge in [0.1, 0.15) is 0 Å². The van der Waals surface area contributed by atoms with Gasteiger partial charge in [0.25, 0.3) is 5.69 Å². The highest BCUT2D eigenvalue weighted by atomic mass is 35.5. The Morgan fingerprint density at radius 1 is 1.27 bits per heavy atom. The van der Waals surface area contributed by atoms with Crippen molar-refractivity contribution < 1.29 is 14.5 Å². The number of nitrogens with zero attached hydrogens (tertiary/aromatic N) is 2. The summed E-state index contributed by atoms with van der Waals surface area (Å²) in [7, 11) is 0. The van der Waals surface area contributed by atoms with Crippen LogP contribution in [0.4, 0.5) is 11.4 Å². The van der Waals surface area contributed by atoms with Crippen molar-refractivity contribution in [1.29, 1.82) is 0 Å². The van der Waals surface area contributed by atoms with Gasteiger partial charge in [0.15, 0.2) is 0 Å². The number of hydrogen-bond donors (Lipinski definition) is 0. The second-order valence-electron chi connectivity index (χ2n) is 5.54. The smallest absolute Gasteiger partial charge is 0.274 e. The summed E-state index contributed by atoms with van der Waals surface area (Å²) < 4.78 is 0. The van der Waals surface area contributed by atoms with E-state index in [0.29, 0.717) is 23.4 Å². The van der Waals surface area contributed by atoms with E-state index in [4.69, 9.17) is 11.6 Å². The first-order valence-corrected chi connectivity index (χ1v) is 7.25. The molecule has 1 aliphatic heterocycles. The number of nitro groups is 1. The van der Waals surface area contributed by atoms with Crippen molar-refractivity contribution >= 4 is 34.8 Å². The van der Waals surface area contributed by atoms with E-state index < -0.39 is 16.8 Å². The highest BCUT2D eigenvalue weighted by Crippen LogP contribution is 2.41. The maximum atomic E-state index is 12.5. The highest BCUT2D eigenvalue weighted by molar-refractivity contribution is 6.30. The van der Waals surface area contributed by atoms with E-state index in [-0.39, 0.29) is 23.2 Å². The lowest BCUT2D eigenvalue weighted by atomic mass is 9.85. The van der Waals surface area contributed by atoms with Gasteiger partial charge in [0.2, 0.25) is 11.8 Å². The minimum atomic E-state index is -0.519. The Kier molecular flexibility index (Phi) is 3.48. The molecule has 6 nitrogen and oxygen atoms in total. The topological polar surface area (TPSA) is 80.5 Å². The van der Waals surface area contributed by atoms with Crippen molar-refractivity contribution in [3.05, 3.63) is 45.0 Å². The lowest BCUT2D eigenvalue weighted by molar-refractivity contribution is -0.385. The predicted molar refractivity (Wildman–Crippen MR) is 80.5 cm³/mol. The van der Waals surface area contributed by atoms with Crippen molar-refractivity contribution in [2.75, 3.05) is 4.90 Å². The molecule has 0 bridgehead atoms. The van der Waals surface area contributed by atoms with Gasteiger partial charge in [-0.25, -0.2) is 4.90 Å². The number of imide groups is 1. The monoisotopic (exact) mass is 320 g/mol. The number of hydrogen-bond acceptors (Lipinski definition) is 4. The van der Waals surface area contributed by atoms with Gasteiger partial charge >= 0.3 is 0 Å². The summed E-state index contributed by atoms with van der Waals surface area (Å²) in [6, 6.07) is 4.38. The van der Waals surface area contributed by atoms with Crippen molar-refractivity contribution in [2.24, 2.45) is 11.8 Å². The fourth-order valence-corrected chi connectivity index (χ4v) is 3.27. The van der Waals surface area contributed by atoms with E-state index >= 15 is 0 Å². The van der Waals surface area contributed by atoms with Crippen LogP contribution in [0, 0.1) is 28.9 Å². The number of halogens is 1. The van der Waals surface area contributed by atoms with Gasteiger partial charge in [-0.1, -0.05) is 23.7 Å². The average Bonchev–Trinajstić information content (AvgIpc) is 2.71. The minimum absolute atomic E-state index is 0.107. The molecule has 1 aromatic carbocycles. The number of allylic oxidation sites excluding steroid dienone is 2. The zero-order chi connectivity index (χ0) is 16.0. The predicted octanol–water partition coefficient (Wildman–Crippen LogP) is 2.93. The number of carbonyl (C=O) groups excluding carboxylic acids is 2. The third-order valence-electron chi connectivity index (χ3n) is 4.22. The van der Waals surface area contributed by atoms with Crippen LogP contribution in [-0.2, 0) is 9.59 Å². The molecular weight excluding hydrogens is 308 g/mol. The largest absolute Gasteiger partial charge is 0.274 e. The highest BCUT2D eigenvalue weighted by Gasteiger charge is 2.49. The molecule has 2 amide bonds. The summed E-state index contributed by atoms with van der Waals surface area (Å²) in [5.74, 6) is -1.53. The number of carbonyl (C=O) groups is 2. The van der Waals surface area contributed by atoms with Gasteiger partial charge < -0.3 is 0 Å². The molecule has 0 N–H and O–H groups in total. The van der Waals surface area contributed by atoms with E-state index in [1.54, 1.807) is 25.1 Å². The molecule has 0 unspecified atom stereocenters. The number of aryl methyl sites for hydroxylation is 1. The van der Waals surface area contributed by atoms with Crippen LogP contribution in [0.5, 0.6) is 0 Å². The fourth-order valence-electron chi connectivity index (χ4n) is 3.02. The second-order valence-corrected chi connectivity index (χ2v) is 6.03. The molecule has 22 heavy (non-hydrogen) atoms. The Hall–Kier alpha value is -2.21. The van der Waals surface area contributed by atoms with Gasteiger partial charge in [-0.15, -0.1) is 0 Å². The van der Waals surface area contributed by atoms with Crippen LogP contribution >= 0.6 is 11.6 Å². The number of amides is 2. The molecule has 0 saturated carbocycles. The lowest BCUT2D eigenvalue weighted by Gasteiger charge is -2.17. The van der Waals surface area contributed by atoms with Gasteiger partial charge in [0.05, 0.1) is 22.4 Å². The van der Waals surface area contributed by atoms with Crippen molar-refractivity contribution in [2.45, 2.75) is 19.8 Å². The molecule has 1 saturated heterocycles. The molecule has 7 heteroatoms. The SMILES string of the molecule is Cc1ccc(N2C(=O)[C@H]3CC=C(Cl)C[C@H]3C2=O)cc1[N+](=O)[O-]. The summed E-state index contributed by atoms with van der Waals surface area (Å²) in [5.41, 5.74) is 0.622. The van der Waals surface area contributed by atoms with Gasteiger partial charge in [-0.05, 0) is 25.8 Å². The quantitative estimate of drug-likeness (QED) is 0.476. The van der Waals surface area contributed by atoms with E-state index in [1.165, 1.54) is 6.07 Å². The fraction of sp³-hybridized carbons (Fsp3) is 0.333. The van der Waals surface area contributed by atoms with E-state index in [9.17, 15) is 19.7 Å². The van der Waals surface area contributed by atoms with Gasteiger partial charge in [0, 0.05) is 16.7 Å². The maximum absolute atomic E-state index is 12.5. The summed E-state index contributed by atoms with van der Waals surface area (Å²) >= 11 is 5.97. The normalized spacial score (nSPS) is 24.3. The molecular formula is C15H13ClN2O4. The molecule has 1 heterocycles. The first-order chi connectivity index (χ1) is 10.4. The maximum Gasteiger partial charge on any atom is 0.274 e. The Bertz CT molecular complexity index is 728. The number of nitro benzene ring substituents is 1. The average molecular weight is 321 g/mol. The zero-order valence-corrected chi connectivity index (χ0v) is 12.5. The summed E-state index contributed by atoms with van der Waals surface area (Å²) in [4.78, 5) is 36.6. The molecule has 114 valence electrons. The Labute approximate surface area is 131 Å². The minimum Gasteiger partial charge on any atom is -0.274 e. The van der Waals surface area contributed by atoms with Gasteiger partial charge in [-0.3, -0.25) is 19.7 Å². The van der Waals surface area contributed by atoms with Crippen LogP contribution in [0.15, 0.2) is 29.3 Å². The van der Waals surface area contributed by atoms with Crippen LogP contribution in [0.25, 0.3) is 0 Å². The Morgan fingerprint density at radius 3 is 2.64 bits per heavy atom. The molecule has 2 atom stereocenters. The van der Waals surface area contributed by atoms with E-state index in [2.05, 4.69) is 0 Å². The van der Waals surface area contributed by atoms with Crippen LogP contribution in [-0.4, -0.2) is 16.7 Å². The Balaban J connectivity index is 2.00. The molecule has 0 aromatic heterocycles. The van der Waals surface area contributed by atoms with Crippen LogP contribution < -0.4 is 4.90 Å². The third kappa shape index (κ3) is 2.20. The van der Waals surface area contributed by atoms with E-state index in [1.807, 2.05) is 0 Å². The number of rotatable bonds is 2. The lowest BCUT2D eigenvalue weighted by Crippen LogP contribution is -2.30. The molecule has 0 radical (unpaired) electrons. The number of fused-ring (bicyclic) bond motifs is 1. The van der Waals surface area contributed by atoms with Gasteiger partial charge in [-0.2, -0.15) is 0 Å². The van der Waals surface area contributed by atoms with Crippen LogP contribution in [0.3, 0.4) is 0 Å². The van der Waals surface area contributed by atoms with Crippen molar-refractivity contribution in [3.63, 3.8) is 0 Å². The molecule has 0 spiro atoms. The van der Waals surface area contributed by atoms with Crippen LogP contribution in [0.2, 0.25) is 0 Å².